The van der Waals surface area contributed by atoms with Gasteiger partial charge in [0.15, 0.2) is 5.82 Å². The van der Waals surface area contributed by atoms with Gasteiger partial charge in [-0.2, -0.15) is 9.97 Å². The zero-order valence-electron chi connectivity index (χ0n) is 10.3. The SMILES string of the molecule is C1CC2CCC12.COc1nc(N)nc(N)c1N=O. The van der Waals surface area contributed by atoms with Crippen molar-refractivity contribution in [2.45, 2.75) is 25.7 Å². The van der Waals surface area contributed by atoms with Crippen molar-refractivity contribution in [1.29, 1.82) is 0 Å². The van der Waals surface area contributed by atoms with Gasteiger partial charge in [0.1, 0.15) is 0 Å². The Kier molecular flexibility index (Phi) is 3.59. The molecule has 18 heavy (non-hydrogen) atoms. The van der Waals surface area contributed by atoms with Crippen LogP contribution in [-0.4, -0.2) is 17.1 Å². The number of nitrogens with zero attached hydrogens (tertiary/aromatic N) is 3. The van der Waals surface area contributed by atoms with E-state index < -0.39 is 0 Å². The lowest BCUT2D eigenvalue weighted by atomic mass is 9.60. The largest absolute Gasteiger partial charge is 0.479 e. The van der Waals surface area contributed by atoms with Crippen LogP contribution in [-0.2, 0) is 0 Å². The molecule has 0 aromatic carbocycles. The Bertz CT molecular complexity index is 433. The second kappa shape index (κ2) is 5.16. The lowest BCUT2D eigenvalue weighted by Crippen LogP contribution is -2.34. The zero-order valence-corrected chi connectivity index (χ0v) is 10.3. The normalized spacial score (nSPS) is 23.6. The van der Waals surface area contributed by atoms with Crippen LogP contribution in [0.1, 0.15) is 25.7 Å². The molecule has 2 saturated carbocycles. The van der Waals surface area contributed by atoms with Crippen LogP contribution in [0.15, 0.2) is 5.18 Å². The number of hydrogen-bond donors (Lipinski definition) is 2. The molecule has 0 amide bonds. The minimum Gasteiger partial charge on any atom is -0.479 e. The molecule has 1 aromatic rings. The van der Waals surface area contributed by atoms with Gasteiger partial charge in [-0.25, -0.2) is 0 Å². The van der Waals surface area contributed by atoms with Crippen molar-refractivity contribution in [3.05, 3.63) is 4.91 Å². The topological polar surface area (TPSA) is 116 Å². The van der Waals surface area contributed by atoms with Crippen LogP contribution in [0.5, 0.6) is 5.88 Å². The van der Waals surface area contributed by atoms with Gasteiger partial charge >= 0.3 is 0 Å². The predicted molar refractivity (Wildman–Crippen MR) is 68.3 cm³/mol. The van der Waals surface area contributed by atoms with Gasteiger partial charge in [0.25, 0.3) is 5.88 Å². The maximum Gasteiger partial charge on any atom is 0.250 e. The van der Waals surface area contributed by atoms with Crippen LogP contribution in [0, 0.1) is 16.7 Å². The Morgan fingerprint density at radius 1 is 1.17 bits per heavy atom. The fourth-order valence-electron chi connectivity index (χ4n) is 2.26. The van der Waals surface area contributed by atoms with Gasteiger partial charge in [0.05, 0.1) is 7.11 Å². The first kappa shape index (κ1) is 12.5. The molecule has 0 aliphatic heterocycles. The fraction of sp³-hybridized carbons (Fsp3) is 0.636. The van der Waals surface area contributed by atoms with E-state index in [1.54, 1.807) is 25.7 Å². The Hall–Kier alpha value is -1.92. The first-order valence-corrected chi connectivity index (χ1v) is 5.96. The molecule has 1 heterocycles. The minimum atomic E-state index is -0.133. The molecule has 0 spiro atoms. The summed E-state index contributed by atoms with van der Waals surface area (Å²) in [4.78, 5) is 17.3. The van der Waals surface area contributed by atoms with E-state index in [9.17, 15) is 4.91 Å². The summed E-state index contributed by atoms with van der Waals surface area (Å²) in [5.41, 5.74) is 10.4. The quantitative estimate of drug-likeness (QED) is 0.775. The molecule has 0 radical (unpaired) electrons. The van der Waals surface area contributed by atoms with E-state index in [0.29, 0.717) is 0 Å². The highest BCUT2D eigenvalue weighted by atomic mass is 16.5. The fourth-order valence-corrected chi connectivity index (χ4v) is 2.26. The Morgan fingerprint density at radius 3 is 2.06 bits per heavy atom. The molecule has 0 saturated heterocycles. The number of nitrogens with two attached hydrogens (primary N) is 2. The number of ether oxygens (including phenoxy) is 1. The Morgan fingerprint density at radius 2 is 1.72 bits per heavy atom. The van der Waals surface area contributed by atoms with Crippen molar-refractivity contribution in [2.24, 2.45) is 17.0 Å². The van der Waals surface area contributed by atoms with Crippen molar-refractivity contribution in [1.82, 2.24) is 9.97 Å². The first-order valence-electron chi connectivity index (χ1n) is 5.96. The highest BCUT2D eigenvalue weighted by Crippen LogP contribution is 2.49. The van der Waals surface area contributed by atoms with Crippen LogP contribution in [0.25, 0.3) is 0 Å². The van der Waals surface area contributed by atoms with Gasteiger partial charge in [-0.3, -0.25) is 0 Å². The molecule has 2 aliphatic rings. The first-order chi connectivity index (χ1) is 8.65. The van der Waals surface area contributed by atoms with Crippen molar-refractivity contribution in [3.8, 4) is 5.88 Å². The second-order valence-electron chi connectivity index (χ2n) is 4.59. The number of rotatable bonds is 2. The van der Waals surface area contributed by atoms with E-state index in [0.717, 1.165) is 0 Å². The van der Waals surface area contributed by atoms with Gasteiger partial charge in [0.2, 0.25) is 11.6 Å². The monoisotopic (exact) mass is 251 g/mol. The molecule has 1 aromatic heterocycles. The molecule has 4 N–H and O–H groups in total. The minimum absolute atomic E-state index is 0.0185. The third kappa shape index (κ3) is 2.34. The van der Waals surface area contributed by atoms with Gasteiger partial charge < -0.3 is 16.2 Å². The highest BCUT2D eigenvalue weighted by molar-refractivity contribution is 5.65. The van der Waals surface area contributed by atoms with Crippen molar-refractivity contribution in [3.63, 3.8) is 0 Å². The second-order valence-corrected chi connectivity index (χ2v) is 4.59. The molecule has 7 nitrogen and oxygen atoms in total. The molecule has 98 valence electrons. The predicted octanol–water partition coefficient (Wildman–Crippen LogP) is 1.85. The van der Waals surface area contributed by atoms with Crippen molar-refractivity contribution < 1.29 is 4.74 Å². The molecule has 0 bridgehead atoms. The average molecular weight is 251 g/mol. The van der Waals surface area contributed by atoms with Gasteiger partial charge in [-0.15, -0.1) is 4.91 Å². The maximum atomic E-state index is 10.2. The lowest BCUT2D eigenvalue weighted by molar-refractivity contribution is 0.0548. The molecular weight excluding hydrogens is 234 g/mol. The number of aromatic nitrogens is 2. The molecule has 3 rings (SSSR count). The van der Waals surface area contributed by atoms with Crippen LogP contribution in [0.3, 0.4) is 0 Å². The van der Waals surface area contributed by atoms with Crippen LogP contribution >= 0.6 is 0 Å². The van der Waals surface area contributed by atoms with Gasteiger partial charge in [-0.1, -0.05) is 0 Å². The van der Waals surface area contributed by atoms with Crippen molar-refractivity contribution >= 4 is 17.5 Å². The standard InChI is InChI=1S/C6H10.C5H7N5O2/c1-2-6-4-3-5(1)6;1-12-4-2(10-11)3(6)8-5(7)9-4/h5-6H,1-4H2;1H3,(H4,6,7,8,9). The van der Waals surface area contributed by atoms with Crippen LogP contribution in [0.2, 0.25) is 0 Å². The summed E-state index contributed by atoms with van der Waals surface area (Å²) in [6.07, 6.45) is 6.24. The smallest absolute Gasteiger partial charge is 0.250 e. The number of fused-ring (bicyclic) bond motifs is 1. The summed E-state index contributed by atoms with van der Waals surface area (Å²) < 4.78 is 4.69. The average Bonchev–Trinajstić information content (AvgIpc) is 2.33. The molecule has 0 atom stereocenters. The molecular formula is C11H17N5O2. The zero-order chi connectivity index (χ0) is 13.1. The summed E-state index contributed by atoms with van der Waals surface area (Å²) in [7, 11) is 1.33. The third-order valence-corrected chi connectivity index (χ3v) is 3.66. The van der Waals surface area contributed by atoms with E-state index in [-0.39, 0.29) is 23.3 Å². The maximum absolute atomic E-state index is 10.2. The molecule has 2 aliphatic carbocycles. The lowest BCUT2D eigenvalue weighted by Gasteiger charge is -2.46. The summed E-state index contributed by atoms with van der Waals surface area (Å²) in [5, 5.41) is 2.60. The van der Waals surface area contributed by atoms with Crippen LogP contribution < -0.4 is 16.2 Å². The molecule has 0 unspecified atom stereocenters. The van der Waals surface area contributed by atoms with Gasteiger partial charge in [-0.05, 0) is 42.7 Å². The number of anilines is 2. The number of hydrogen-bond acceptors (Lipinski definition) is 7. The highest BCUT2D eigenvalue weighted by Gasteiger charge is 2.37. The van der Waals surface area contributed by atoms with E-state index in [1.807, 2.05) is 0 Å². The number of methoxy groups -OCH3 is 1. The summed E-state index contributed by atoms with van der Waals surface area (Å²) in [6.45, 7) is 0. The number of nitroso groups, excluding NO2 is 1. The van der Waals surface area contributed by atoms with E-state index >= 15 is 0 Å². The van der Waals surface area contributed by atoms with E-state index in [2.05, 4.69) is 15.1 Å². The third-order valence-electron chi connectivity index (χ3n) is 3.66. The molecule has 7 heteroatoms. The molecule has 2 fully saturated rings. The number of nitrogen functional groups attached to an aromatic ring is 2. The van der Waals surface area contributed by atoms with E-state index in [1.165, 1.54) is 18.9 Å². The van der Waals surface area contributed by atoms with Crippen molar-refractivity contribution in [2.75, 3.05) is 18.6 Å². The summed E-state index contributed by atoms with van der Waals surface area (Å²) in [6, 6.07) is 0. The Labute approximate surface area is 105 Å². The summed E-state index contributed by atoms with van der Waals surface area (Å²) >= 11 is 0. The van der Waals surface area contributed by atoms with Crippen LogP contribution in [0.4, 0.5) is 17.5 Å². The van der Waals surface area contributed by atoms with E-state index in [4.69, 9.17) is 16.2 Å². The summed E-state index contributed by atoms with van der Waals surface area (Å²) in [5.74, 6) is 2.26. The Balaban J connectivity index is 0.000000164. The van der Waals surface area contributed by atoms with Gasteiger partial charge in [0, 0.05) is 0 Å².